The van der Waals surface area contributed by atoms with Crippen LogP contribution in [0.3, 0.4) is 0 Å². The van der Waals surface area contributed by atoms with Crippen LogP contribution in [0.15, 0.2) is 24.3 Å². The van der Waals surface area contributed by atoms with Crippen molar-refractivity contribution in [3.63, 3.8) is 0 Å². The first-order valence-electron chi connectivity index (χ1n) is 9.73. The van der Waals surface area contributed by atoms with Crippen molar-refractivity contribution in [1.29, 1.82) is 0 Å². The molecule has 0 spiro atoms. The van der Waals surface area contributed by atoms with E-state index in [0.717, 1.165) is 48.9 Å². The molecule has 3 heterocycles. The molecular weight excluding hydrogens is 326 g/mol. The Morgan fingerprint density at radius 2 is 1.77 bits per heavy atom. The quantitative estimate of drug-likeness (QED) is 0.913. The van der Waals surface area contributed by atoms with E-state index in [1.54, 1.807) is 0 Å². The van der Waals surface area contributed by atoms with Crippen LogP contribution in [0.2, 0.25) is 0 Å². The van der Waals surface area contributed by atoms with Crippen LogP contribution in [0.25, 0.3) is 10.9 Å². The Morgan fingerprint density at radius 1 is 1.08 bits per heavy atom. The lowest BCUT2D eigenvalue weighted by atomic mass is 9.96. The number of aromatic nitrogens is 2. The second-order valence-corrected chi connectivity index (χ2v) is 7.83. The largest absolute Gasteiger partial charge is 0.383 e. The standard InChI is InChI=1S/C20H29N5O/c1-14-11-24(12-15(2)26-14)13-16-7-9-25(10-8-16)20-22-18-6-4-3-5-17(18)19(21)23-20/h3-6,14-16H,7-13H2,1-2H3,(H2,21,22,23). The van der Waals surface area contributed by atoms with Gasteiger partial charge in [0.05, 0.1) is 17.7 Å². The van der Waals surface area contributed by atoms with Gasteiger partial charge in [-0.1, -0.05) is 12.1 Å². The fourth-order valence-corrected chi connectivity index (χ4v) is 4.34. The first kappa shape index (κ1) is 17.5. The van der Waals surface area contributed by atoms with Crippen LogP contribution in [0, 0.1) is 5.92 Å². The number of anilines is 2. The molecule has 2 unspecified atom stereocenters. The van der Waals surface area contributed by atoms with Crippen LogP contribution in [0.5, 0.6) is 0 Å². The molecule has 2 atom stereocenters. The van der Waals surface area contributed by atoms with Crippen molar-refractivity contribution in [2.75, 3.05) is 43.4 Å². The van der Waals surface area contributed by atoms with Gasteiger partial charge in [0, 0.05) is 38.1 Å². The summed E-state index contributed by atoms with van der Waals surface area (Å²) in [5.41, 5.74) is 7.07. The average molecular weight is 355 g/mol. The summed E-state index contributed by atoms with van der Waals surface area (Å²) in [7, 11) is 0. The van der Waals surface area contributed by atoms with Gasteiger partial charge in [-0.05, 0) is 44.7 Å². The van der Waals surface area contributed by atoms with Gasteiger partial charge in [0.15, 0.2) is 0 Å². The Labute approximate surface area is 155 Å². The molecule has 0 aliphatic carbocycles. The minimum absolute atomic E-state index is 0.341. The summed E-state index contributed by atoms with van der Waals surface area (Å²) in [6, 6.07) is 7.95. The van der Waals surface area contributed by atoms with E-state index >= 15 is 0 Å². The van der Waals surface area contributed by atoms with Crippen LogP contribution in [-0.2, 0) is 4.74 Å². The maximum absolute atomic E-state index is 6.14. The van der Waals surface area contributed by atoms with Crippen molar-refractivity contribution < 1.29 is 4.74 Å². The molecule has 0 amide bonds. The fraction of sp³-hybridized carbons (Fsp3) is 0.600. The van der Waals surface area contributed by atoms with E-state index in [1.165, 1.54) is 19.4 Å². The van der Waals surface area contributed by atoms with E-state index in [4.69, 9.17) is 15.5 Å². The Kier molecular flexibility index (Phi) is 4.96. The minimum atomic E-state index is 0.341. The van der Waals surface area contributed by atoms with E-state index in [2.05, 4.69) is 28.6 Å². The van der Waals surface area contributed by atoms with Crippen LogP contribution in [0.1, 0.15) is 26.7 Å². The molecule has 0 bridgehead atoms. The molecule has 1 aromatic heterocycles. The van der Waals surface area contributed by atoms with Crippen molar-refractivity contribution in [3.05, 3.63) is 24.3 Å². The average Bonchev–Trinajstić information content (AvgIpc) is 2.61. The number of hydrogen-bond acceptors (Lipinski definition) is 6. The summed E-state index contributed by atoms with van der Waals surface area (Å²) in [6.45, 7) is 9.62. The zero-order chi connectivity index (χ0) is 18.1. The number of fused-ring (bicyclic) bond motifs is 1. The van der Waals surface area contributed by atoms with Gasteiger partial charge in [-0.15, -0.1) is 0 Å². The normalized spacial score (nSPS) is 25.7. The van der Waals surface area contributed by atoms with E-state index in [-0.39, 0.29) is 0 Å². The number of nitrogen functional groups attached to an aromatic ring is 1. The molecule has 2 fully saturated rings. The minimum Gasteiger partial charge on any atom is -0.383 e. The molecule has 26 heavy (non-hydrogen) atoms. The number of piperidine rings is 1. The number of para-hydroxylation sites is 1. The summed E-state index contributed by atoms with van der Waals surface area (Å²) in [4.78, 5) is 14.1. The monoisotopic (exact) mass is 355 g/mol. The number of hydrogen-bond donors (Lipinski definition) is 1. The number of nitrogens with two attached hydrogens (primary N) is 1. The summed E-state index contributed by atoms with van der Waals surface area (Å²) < 4.78 is 5.85. The van der Waals surface area contributed by atoms with E-state index in [9.17, 15) is 0 Å². The molecule has 0 saturated carbocycles. The molecule has 2 aliphatic rings. The maximum atomic E-state index is 6.14. The van der Waals surface area contributed by atoms with Crippen molar-refractivity contribution in [2.45, 2.75) is 38.9 Å². The predicted molar refractivity (Wildman–Crippen MR) is 105 cm³/mol. The first-order chi connectivity index (χ1) is 12.6. The number of ether oxygens (including phenoxy) is 1. The molecule has 140 valence electrons. The highest BCUT2D eigenvalue weighted by atomic mass is 16.5. The lowest BCUT2D eigenvalue weighted by molar-refractivity contribution is -0.0720. The van der Waals surface area contributed by atoms with E-state index in [1.807, 2.05) is 24.3 Å². The van der Waals surface area contributed by atoms with Gasteiger partial charge in [-0.3, -0.25) is 4.90 Å². The van der Waals surface area contributed by atoms with Crippen molar-refractivity contribution >= 4 is 22.7 Å². The lowest BCUT2D eigenvalue weighted by Gasteiger charge is -2.39. The number of benzene rings is 1. The third kappa shape index (κ3) is 3.76. The van der Waals surface area contributed by atoms with E-state index in [0.29, 0.717) is 18.0 Å². The van der Waals surface area contributed by atoms with Crippen molar-refractivity contribution in [2.24, 2.45) is 5.92 Å². The summed E-state index contributed by atoms with van der Waals surface area (Å²) in [5, 5.41) is 0.932. The Morgan fingerprint density at radius 3 is 2.50 bits per heavy atom. The fourth-order valence-electron chi connectivity index (χ4n) is 4.34. The Bertz CT molecular complexity index is 749. The van der Waals surface area contributed by atoms with Gasteiger partial charge in [0.25, 0.3) is 0 Å². The van der Waals surface area contributed by atoms with Crippen LogP contribution in [-0.4, -0.2) is 59.8 Å². The zero-order valence-corrected chi connectivity index (χ0v) is 15.8. The van der Waals surface area contributed by atoms with Crippen molar-refractivity contribution in [3.8, 4) is 0 Å². The molecule has 4 rings (SSSR count). The Hall–Kier alpha value is -1.92. The first-order valence-corrected chi connectivity index (χ1v) is 9.73. The van der Waals surface area contributed by atoms with Crippen LogP contribution in [0.4, 0.5) is 11.8 Å². The molecule has 2 aromatic rings. The zero-order valence-electron chi connectivity index (χ0n) is 15.8. The number of morpholine rings is 1. The molecular formula is C20H29N5O. The van der Waals surface area contributed by atoms with Gasteiger partial charge < -0.3 is 15.4 Å². The SMILES string of the molecule is CC1CN(CC2CCN(c3nc(N)c4ccccc4n3)CC2)CC(C)O1. The molecule has 6 nitrogen and oxygen atoms in total. The molecule has 2 N–H and O–H groups in total. The number of nitrogens with zero attached hydrogens (tertiary/aromatic N) is 4. The summed E-state index contributed by atoms with van der Waals surface area (Å²) in [5.74, 6) is 2.08. The molecule has 1 aromatic carbocycles. The summed E-state index contributed by atoms with van der Waals surface area (Å²) >= 11 is 0. The van der Waals surface area contributed by atoms with Gasteiger partial charge in [-0.25, -0.2) is 4.98 Å². The second-order valence-electron chi connectivity index (χ2n) is 7.83. The van der Waals surface area contributed by atoms with Gasteiger partial charge in [0.1, 0.15) is 5.82 Å². The van der Waals surface area contributed by atoms with Gasteiger partial charge in [-0.2, -0.15) is 4.98 Å². The highest BCUT2D eigenvalue weighted by Gasteiger charge is 2.27. The van der Waals surface area contributed by atoms with Crippen molar-refractivity contribution in [1.82, 2.24) is 14.9 Å². The highest BCUT2D eigenvalue weighted by molar-refractivity contribution is 5.88. The number of rotatable bonds is 3. The maximum Gasteiger partial charge on any atom is 0.227 e. The topological polar surface area (TPSA) is 67.5 Å². The smallest absolute Gasteiger partial charge is 0.227 e. The molecule has 2 aliphatic heterocycles. The highest BCUT2D eigenvalue weighted by Crippen LogP contribution is 2.26. The Balaban J connectivity index is 1.38. The molecule has 0 radical (unpaired) electrons. The van der Waals surface area contributed by atoms with Gasteiger partial charge in [0.2, 0.25) is 5.95 Å². The van der Waals surface area contributed by atoms with Gasteiger partial charge >= 0.3 is 0 Å². The predicted octanol–water partition coefficient (Wildman–Crippen LogP) is 2.54. The second kappa shape index (κ2) is 7.37. The van der Waals surface area contributed by atoms with Crippen LogP contribution < -0.4 is 10.6 Å². The summed E-state index contributed by atoms with van der Waals surface area (Å²) in [6.07, 6.45) is 3.03. The third-order valence-electron chi connectivity index (χ3n) is 5.53. The lowest BCUT2D eigenvalue weighted by Crippen LogP contribution is -2.48. The van der Waals surface area contributed by atoms with E-state index < -0.39 is 0 Å². The third-order valence-corrected chi connectivity index (χ3v) is 5.53. The van der Waals surface area contributed by atoms with Crippen LogP contribution >= 0.6 is 0 Å². The molecule has 6 heteroatoms. The molecule has 2 saturated heterocycles.